The first-order chi connectivity index (χ1) is 11.1. The van der Waals surface area contributed by atoms with Crippen LogP contribution in [0, 0.1) is 12.8 Å². The lowest BCUT2D eigenvalue weighted by atomic mass is 10.2. The van der Waals surface area contributed by atoms with E-state index in [0.29, 0.717) is 12.6 Å². The number of aryl methyl sites for hydroxylation is 1. The van der Waals surface area contributed by atoms with Gasteiger partial charge in [-0.3, -0.25) is 4.99 Å². The van der Waals surface area contributed by atoms with Crippen molar-refractivity contribution in [2.75, 3.05) is 37.7 Å². The normalized spacial score (nSPS) is 19.7. The summed E-state index contributed by atoms with van der Waals surface area (Å²) in [5.74, 6) is 1.04. The minimum absolute atomic E-state index is 0.174. The number of aliphatic imine (C=N–C) groups is 1. The molecule has 3 N–H and O–H groups in total. The van der Waals surface area contributed by atoms with Gasteiger partial charge in [-0.2, -0.15) is 0 Å². The molecule has 5 heteroatoms. The number of benzene rings is 1. The molecule has 0 amide bonds. The minimum Gasteiger partial charge on any atom is -0.396 e. The molecule has 5 nitrogen and oxygen atoms in total. The Labute approximate surface area is 139 Å². The number of guanidine groups is 1. The zero-order valence-corrected chi connectivity index (χ0v) is 14.5. The highest BCUT2D eigenvalue weighted by Gasteiger charge is 2.23. The molecule has 2 unspecified atom stereocenters. The third-order valence-corrected chi connectivity index (χ3v) is 4.15. The van der Waals surface area contributed by atoms with Crippen molar-refractivity contribution in [2.24, 2.45) is 10.9 Å². The zero-order valence-electron chi connectivity index (χ0n) is 14.5. The van der Waals surface area contributed by atoms with Crippen LogP contribution in [0.4, 0.5) is 5.69 Å². The molecule has 2 atom stereocenters. The SMILES string of the molecule is CCNC(=NCC(C)CO)NC1CCN(c2ccc(C)cc2)C1. The lowest BCUT2D eigenvalue weighted by Crippen LogP contribution is -2.44. The van der Waals surface area contributed by atoms with Crippen LogP contribution in [0.25, 0.3) is 0 Å². The van der Waals surface area contributed by atoms with Gasteiger partial charge in [-0.15, -0.1) is 0 Å². The lowest BCUT2D eigenvalue weighted by Gasteiger charge is -2.20. The average Bonchev–Trinajstić information content (AvgIpc) is 3.01. The number of nitrogens with one attached hydrogen (secondary N) is 2. The summed E-state index contributed by atoms with van der Waals surface area (Å²) in [7, 11) is 0. The monoisotopic (exact) mass is 318 g/mol. The number of rotatable bonds is 6. The molecule has 0 spiro atoms. The van der Waals surface area contributed by atoms with Gasteiger partial charge in [0.1, 0.15) is 0 Å². The molecule has 0 saturated carbocycles. The third-order valence-electron chi connectivity index (χ3n) is 4.15. The maximum Gasteiger partial charge on any atom is 0.191 e. The molecule has 1 heterocycles. The largest absolute Gasteiger partial charge is 0.396 e. The number of hydrogen-bond donors (Lipinski definition) is 3. The second-order valence-electron chi connectivity index (χ2n) is 6.42. The van der Waals surface area contributed by atoms with Gasteiger partial charge in [-0.25, -0.2) is 0 Å². The predicted octanol–water partition coefficient (Wildman–Crippen LogP) is 1.76. The fraction of sp³-hybridized carbons (Fsp3) is 0.611. The summed E-state index contributed by atoms with van der Waals surface area (Å²) in [6.45, 7) is 9.89. The van der Waals surface area contributed by atoms with Crippen molar-refractivity contribution in [1.82, 2.24) is 10.6 Å². The fourth-order valence-corrected chi connectivity index (χ4v) is 2.69. The van der Waals surface area contributed by atoms with E-state index < -0.39 is 0 Å². The molecule has 1 aromatic rings. The van der Waals surface area contributed by atoms with Crippen LogP contribution in [0.3, 0.4) is 0 Å². The van der Waals surface area contributed by atoms with Crippen molar-refractivity contribution in [3.05, 3.63) is 29.8 Å². The summed E-state index contributed by atoms with van der Waals surface area (Å²) in [5.41, 5.74) is 2.58. The highest BCUT2D eigenvalue weighted by Crippen LogP contribution is 2.20. The Balaban J connectivity index is 1.90. The van der Waals surface area contributed by atoms with Gasteiger partial charge in [0, 0.05) is 44.5 Å². The van der Waals surface area contributed by atoms with Crippen molar-refractivity contribution < 1.29 is 5.11 Å². The smallest absolute Gasteiger partial charge is 0.191 e. The van der Waals surface area contributed by atoms with Crippen molar-refractivity contribution in [3.8, 4) is 0 Å². The number of hydrogen-bond acceptors (Lipinski definition) is 3. The van der Waals surface area contributed by atoms with E-state index in [1.54, 1.807) is 0 Å². The van der Waals surface area contributed by atoms with Gasteiger partial charge in [0.05, 0.1) is 0 Å². The highest BCUT2D eigenvalue weighted by atomic mass is 16.3. The van der Waals surface area contributed by atoms with Crippen LogP contribution >= 0.6 is 0 Å². The van der Waals surface area contributed by atoms with E-state index in [1.165, 1.54) is 11.3 Å². The van der Waals surface area contributed by atoms with Gasteiger partial charge in [-0.05, 0) is 38.3 Å². The third kappa shape index (κ3) is 5.43. The van der Waals surface area contributed by atoms with Crippen molar-refractivity contribution >= 4 is 11.6 Å². The summed E-state index contributed by atoms with van der Waals surface area (Å²) < 4.78 is 0. The van der Waals surface area contributed by atoms with Crippen LogP contribution in [0.2, 0.25) is 0 Å². The van der Waals surface area contributed by atoms with Crippen molar-refractivity contribution in [1.29, 1.82) is 0 Å². The Morgan fingerprint density at radius 1 is 1.39 bits per heavy atom. The van der Waals surface area contributed by atoms with E-state index in [-0.39, 0.29) is 12.5 Å². The van der Waals surface area contributed by atoms with E-state index in [0.717, 1.165) is 32.0 Å². The highest BCUT2D eigenvalue weighted by molar-refractivity contribution is 5.80. The van der Waals surface area contributed by atoms with Crippen molar-refractivity contribution in [3.63, 3.8) is 0 Å². The molecular weight excluding hydrogens is 288 g/mol. The number of aliphatic hydroxyl groups excluding tert-OH is 1. The van der Waals surface area contributed by atoms with Gasteiger partial charge in [0.15, 0.2) is 5.96 Å². The van der Waals surface area contributed by atoms with Crippen LogP contribution in [-0.4, -0.2) is 49.9 Å². The van der Waals surface area contributed by atoms with Crippen molar-refractivity contribution in [2.45, 2.75) is 33.2 Å². The van der Waals surface area contributed by atoms with E-state index in [1.807, 2.05) is 6.92 Å². The molecule has 1 fully saturated rings. The average molecular weight is 318 g/mol. The van der Waals surface area contributed by atoms with Gasteiger partial charge in [0.2, 0.25) is 0 Å². The quantitative estimate of drug-likeness (QED) is 0.552. The van der Waals surface area contributed by atoms with Crippen LogP contribution in [0.5, 0.6) is 0 Å². The van der Waals surface area contributed by atoms with Crippen LogP contribution in [-0.2, 0) is 0 Å². The van der Waals surface area contributed by atoms with E-state index in [4.69, 9.17) is 5.11 Å². The summed E-state index contributed by atoms with van der Waals surface area (Å²) >= 11 is 0. The first kappa shape index (κ1) is 17.6. The van der Waals surface area contributed by atoms with Gasteiger partial charge in [0.25, 0.3) is 0 Å². The topological polar surface area (TPSA) is 59.9 Å². The summed E-state index contributed by atoms with van der Waals surface area (Å²) in [6, 6.07) is 9.12. The zero-order chi connectivity index (χ0) is 16.7. The summed E-state index contributed by atoms with van der Waals surface area (Å²) in [6.07, 6.45) is 1.11. The number of aliphatic hydroxyl groups is 1. The van der Waals surface area contributed by atoms with Crippen LogP contribution in [0.15, 0.2) is 29.3 Å². The van der Waals surface area contributed by atoms with Gasteiger partial charge in [-0.1, -0.05) is 24.6 Å². The second-order valence-corrected chi connectivity index (χ2v) is 6.42. The molecule has 0 aliphatic carbocycles. The maximum absolute atomic E-state index is 9.13. The fourth-order valence-electron chi connectivity index (χ4n) is 2.69. The molecule has 1 aliphatic rings. The van der Waals surface area contributed by atoms with Gasteiger partial charge >= 0.3 is 0 Å². The lowest BCUT2D eigenvalue weighted by molar-refractivity contribution is 0.241. The van der Waals surface area contributed by atoms with E-state index in [2.05, 4.69) is 58.6 Å². The molecule has 1 saturated heterocycles. The summed E-state index contributed by atoms with van der Waals surface area (Å²) in [5, 5.41) is 15.9. The molecule has 128 valence electrons. The molecule has 1 aliphatic heterocycles. The van der Waals surface area contributed by atoms with Gasteiger partial charge < -0.3 is 20.6 Å². The molecular formula is C18H30N4O. The Kier molecular flexibility index (Phi) is 6.71. The Bertz CT molecular complexity index is 500. The molecule has 2 rings (SSSR count). The number of anilines is 1. The van der Waals surface area contributed by atoms with E-state index >= 15 is 0 Å². The van der Waals surface area contributed by atoms with Crippen LogP contribution < -0.4 is 15.5 Å². The Morgan fingerprint density at radius 2 is 2.13 bits per heavy atom. The minimum atomic E-state index is 0.174. The first-order valence-corrected chi connectivity index (χ1v) is 8.59. The Hall–Kier alpha value is -1.75. The molecule has 0 aromatic heterocycles. The molecule has 0 radical (unpaired) electrons. The predicted molar refractivity (Wildman–Crippen MR) is 97.2 cm³/mol. The molecule has 23 heavy (non-hydrogen) atoms. The Morgan fingerprint density at radius 3 is 2.78 bits per heavy atom. The summed E-state index contributed by atoms with van der Waals surface area (Å²) in [4.78, 5) is 6.99. The van der Waals surface area contributed by atoms with E-state index in [9.17, 15) is 0 Å². The number of nitrogens with zero attached hydrogens (tertiary/aromatic N) is 2. The molecule has 1 aromatic carbocycles. The molecule has 0 bridgehead atoms. The van der Waals surface area contributed by atoms with Crippen LogP contribution in [0.1, 0.15) is 25.8 Å². The maximum atomic E-state index is 9.13. The second kappa shape index (κ2) is 8.77. The first-order valence-electron chi connectivity index (χ1n) is 8.59. The standard InChI is InChI=1S/C18H30N4O/c1-4-19-18(20-11-15(3)13-23)21-16-9-10-22(12-16)17-7-5-14(2)6-8-17/h5-8,15-16,23H,4,9-13H2,1-3H3,(H2,19,20,21).